The molecule has 2 N–H and O–H groups in total. The lowest BCUT2D eigenvalue weighted by atomic mass is 10.0. The minimum Gasteiger partial charge on any atom is -0.478 e. The number of carboxylic acid groups (broad SMARTS) is 1. The van der Waals surface area contributed by atoms with Crippen molar-refractivity contribution in [1.82, 2.24) is 24.8 Å². The molecule has 1 aromatic carbocycles. The molecule has 0 radical (unpaired) electrons. The number of aryl methyl sites for hydroxylation is 1. The number of carbonyl (C=O) groups excluding carboxylic acids is 1. The number of carboxylic acids is 1. The van der Waals surface area contributed by atoms with Gasteiger partial charge in [0.15, 0.2) is 0 Å². The molecule has 1 aromatic heterocycles. The number of aliphatic hydroxyl groups excluding tert-OH is 1. The molecule has 2 bridgehead atoms. The standard InChI is InChI=1S/C24H35N5O5/c1-17-11-29(18(2)15-30)23(31)9-6-10-28-13-20(25-26-28)16-34-22(17)14-27(3)12-19-7-4-5-8-21(19)24(32)33/h4-5,7-8,13,17-18,22,30H,6,9-12,14-16H2,1-3H3,(H,32,33)/t17-,18+,22-/m0/s1. The third-order valence-corrected chi connectivity index (χ3v) is 6.22. The monoisotopic (exact) mass is 473 g/mol. The van der Waals surface area contributed by atoms with Crippen LogP contribution in [0.15, 0.2) is 30.5 Å². The third-order valence-electron chi connectivity index (χ3n) is 6.22. The van der Waals surface area contributed by atoms with Crippen LogP contribution in [0.2, 0.25) is 0 Å². The normalized spacial score (nSPS) is 21.0. The summed E-state index contributed by atoms with van der Waals surface area (Å²) in [6, 6.07) is 6.67. The Bertz CT molecular complexity index is 965. The van der Waals surface area contributed by atoms with Gasteiger partial charge in [-0.15, -0.1) is 5.10 Å². The summed E-state index contributed by atoms with van der Waals surface area (Å²) in [6.07, 6.45) is 2.59. The number of fused-ring (bicyclic) bond motifs is 2. The fourth-order valence-corrected chi connectivity index (χ4v) is 4.22. The van der Waals surface area contributed by atoms with Gasteiger partial charge in [-0.3, -0.25) is 14.4 Å². The van der Waals surface area contributed by atoms with Gasteiger partial charge in [0.2, 0.25) is 5.91 Å². The molecular formula is C24H35N5O5. The van der Waals surface area contributed by atoms with E-state index in [4.69, 9.17) is 4.74 Å². The Morgan fingerprint density at radius 3 is 2.85 bits per heavy atom. The zero-order chi connectivity index (χ0) is 24.7. The van der Waals surface area contributed by atoms with Gasteiger partial charge in [0.1, 0.15) is 5.69 Å². The fourth-order valence-electron chi connectivity index (χ4n) is 4.22. The summed E-state index contributed by atoms with van der Waals surface area (Å²) in [5.74, 6) is -0.993. The van der Waals surface area contributed by atoms with E-state index in [0.717, 1.165) is 11.3 Å². The molecule has 2 heterocycles. The minimum absolute atomic E-state index is 0.00419. The lowest BCUT2D eigenvalue weighted by Crippen LogP contribution is -2.47. The van der Waals surface area contributed by atoms with E-state index in [-0.39, 0.29) is 42.7 Å². The molecule has 2 aromatic rings. The molecule has 1 amide bonds. The summed E-state index contributed by atoms with van der Waals surface area (Å²) >= 11 is 0. The van der Waals surface area contributed by atoms with Gasteiger partial charge in [-0.05, 0) is 32.0 Å². The summed E-state index contributed by atoms with van der Waals surface area (Å²) in [4.78, 5) is 28.3. The maximum absolute atomic E-state index is 13.0. The number of aromatic carboxylic acids is 1. The van der Waals surface area contributed by atoms with E-state index < -0.39 is 5.97 Å². The van der Waals surface area contributed by atoms with Crippen molar-refractivity contribution in [2.75, 3.05) is 26.7 Å². The van der Waals surface area contributed by atoms with Crippen molar-refractivity contribution in [3.8, 4) is 0 Å². The number of amides is 1. The number of likely N-dealkylation sites (N-methyl/N-ethyl adjacent to an activating group) is 1. The number of nitrogens with zero attached hydrogens (tertiary/aromatic N) is 5. The topological polar surface area (TPSA) is 121 Å². The summed E-state index contributed by atoms with van der Waals surface area (Å²) < 4.78 is 7.99. The maximum Gasteiger partial charge on any atom is 0.336 e. The average molecular weight is 474 g/mol. The first-order valence-electron chi connectivity index (χ1n) is 11.7. The van der Waals surface area contributed by atoms with Crippen molar-refractivity contribution < 1.29 is 24.5 Å². The number of aliphatic hydroxyl groups is 1. The summed E-state index contributed by atoms with van der Waals surface area (Å²) in [5, 5.41) is 27.5. The van der Waals surface area contributed by atoms with Crippen molar-refractivity contribution in [3.63, 3.8) is 0 Å². The van der Waals surface area contributed by atoms with Gasteiger partial charge in [-0.25, -0.2) is 4.79 Å². The van der Waals surface area contributed by atoms with Crippen LogP contribution in [-0.2, 0) is 29.2 Å². The molecule has 0 saturated carbocycles. The van der Waals surface area contributed by atoms with Crippen LogP contribution in [0.4, 0.5) is 0 Å². The van der Waals surface area contributed by atoms with E-state index in [1.165, 1.54) is 0 Å². The van der Waals surface area contributed by atoms with Crippen LogP contribution in [-0.4, -0.2) is 85.8 Å². The van der Waals surface area contributed by atoms with Crippen molar-refractivity contribution in [2.24, 2.45) is 5.92 Å². The molecule has 34 heavy (non-hydrogen) atoms. The van der Waals surface area contributed by atoms with Crippen LogP contribution in [0.5, 0.6) is 0 Å². The molecule has 1 aliphatic heterocycles. The fraction of sp³-hybridized carbons (Fsp3) is 0.583. The highest BCUT2D eigenvalue weighted by atomic mass is 16.5. The van der Waals surface area contributed by atoms with Crippen LogP contribution in [0.25, 0.3) is 0 Å². The van der Waals surface area contributed by atoms with Crippen LogP contribution in [0.3, 0.4) is 0 Å². The van der Waals surface area contributed by atoms with Crippen molar-refractivity contribution in [1.29, 1.82) is 0 Å². The molecule has 3 rings (SSSR count). The predicted molar refractivity (Wildman–Crippen MR) is 125 cm³/mol. The minimum atomic E-state index is -0.953. The van der Waals surface area contributed by atoms with Crippen LogP contribution in [0, 0.1) is 5.92 Å². The molecule has 0 spiro atoms. The van der Waals surface area contributed by atoms with Crippen LogP contribution < -0.4 is 0 Å². The predicted octanol–water partition coefficient (Wildman–Crippen LogP) is 1.63. The second kappa shape index (κ2) is 12.0. The van der Waals surface area contributed by atoms with E-state index in [2.05, 4.69) is 10.3 Å². The van der Waals surface area contributed by atoms with Crippen LogP contribution in [0.1, 0.15) is 48.3 Å². The Balaban J connectivity index is 1.79. The summed E-state index contributed by atoms with van der Waals surface area (Å²) in [7, 11) is 1.92. The van der Waals surface area contributed by atoms with E-state index in [1.807, 2.05) is 44.1 Å². The Hall–Kier alpha value is -2.82. The molecule has 3 atom stereocenters. The first kappa shape index (κ1) is 25.8. The number of hydrogen-bond donors (Lipinski definition) is 2. The quantitative estimate of drug-likeness (QED) is 0.623. The van der Waals surface area contributed by atoms with Crippen molar-refractivity contribution in [3.05, 3.63) is 47.3 Å². The van der Waals surface area contributed by atoms with Gasteiger partial charge in [-0.1, -0.05) is 30.3 Å². The summed E-state index contributed by atoms with van der Waals surface area (Å²) in [5.41, 5.74) is 1.73. The Labute approximate surface area is 200 Å². The van der Waals surface area contributed by atoms with Gasteiger partial charge in [0.05, 0.1) is 37.1 Å². The van der Waals surface area contributed by atoms with E-state index in [9.17, 15) is 19.8 Å². The van der Waals surface area contributed by atoms with E-state index in [0.29, 0.717) is 39.0 Å². The highest BCUT2D eigenvalue weighted by molar-refractivity contribution is 5.89. The van der Waals surface area contributed by atoms with Crippen molar-refractivity contribution >= 4 is 11.9 Å². The second-order valence-electron chi connectivity index (χ2n) is 9.14. The molecule has 10 nitrogen and oxygen atoms in total. The van der Waals surface area contributed by atoms with Gasteiger partial charge in [0, 0.05) is 38.5 Å². The molecule has 0 saturated heterocycles. The van der Waals surface area contributed by atoms with Crippen molar-refractivity contribution in [2.45, 2.75) is 58.5 Å². The average Bonchev–Trinajstić information content (AvgIpc) is 3.26. The lowest BCUT2D eigenvalue weighted by Gasteiger charge is -2.35. The number of hydrogen-bond acceptors (Lipinski definition) is 7. The SMILES string of the molecule is C[C@H](CO)N1C[C@H](C)[C@H](CN(C)Cc2ccccc2C(=O)O)OCc2cn(nn2)CCCC1=O. The molecule has 10 heteroatoms. The van der Waals surface area contributed by atoms with Gasteiger partial charge < -0.3 is 19.8 Å². The molecule has 1 aliphatic rings. The van der Waals surface area contributed by atoms with Crippen LogP contribution >= 0.6 is 0 Å². The number of carbonyl (C=O) groups is 2. The molecule has 0 unspecified atom stereocenters. The smallest absolute Gasteiger partial charge is 0.336 e. The first-order valence-corrected chi connectivity index (χ1v) is 11.7. The van der Waals surface area contributed by atoms with E-state index >= 15 is 0 Å². The number of rotatable bonds is 7. The molecular weight excluding hydrogens is 438 g/mol. The second-order valence-corrected chi connectivity index (χ2v) is 9.14. The first-order chi connectivity index (χ1) is 16.3. The zero-order valence-electron chi connectivity index (χ0n) is 20.1. The number of aromatic nitrogens is 3. The largest absolute Gasteiger partial charge is 0.478 e. The number of benzene rings is 1. The molecule has 0 fully saturated rings. The number of ether oxygens (including phenoxy) is 1. The lowest BCUT2D eigenvalue weighted by molar-refractivity contribution is -0.136. The maximum atomic E-state index is 13.0. The highest BCUT2D eigenvalue weighted by Gasteiger charge is 2.28. The van der Waals surface area contributed by atoms with Gasteiger partial charge >= 0.3 is 5.97 Å². The Kier molecular flexibility index (Phi) is 9.14. The van der Waals surface area contributed by atoms with Gasteiger partial charge in [0.25, 0.3) is 0 Å². The Morgan fingerprint density at radius 1 is 1.35 bits per heavy atom. The van der Waals surface area contributed by atoms with E-state index in [1.54, 1.807) is 21.7 Å². The highest BCUT2D eigenvalue weighted by Crippen LogP contribution is 2.19. The third kappa shape index (κ3) is 6.85. The molecule has 186 valence electrons. The van der Waals surface area contributed by atoms with Gasteiger partial charge in [-0.2, -0.15) is 0 Å². The summed E-state index contributed by atoms with van der Waals surface area (Å²) in [6.45, 7) is 6.07. The zero-order valence-corrected chi connectivity index (χ0v) is 20.1. The Morgan fingerprint density at radius 2 is 2.12 bits per heavy atom. The molecule has 0 aliphatic carbocycles.